The first kappa shape index (κ1) is 18.2. The molecule has 6 nitrogen and oxygen atoms in total. The standard InChI is InChI=1S/C20H26N4O2/c1-2-3-12-26-18-7-4-15(5-8-18)20(25)23-17-6-9-19(22-13-17)24-11-10-16(21)14-24/h4-9,13,20-21,23,25H,2-3,10-12,14H2,1H3. The average Bonchev–Trinajstić information content (AvgIpc) is 3.09. The summed E-state index contributed by atoms with van der Waals surface area (Å²) < 4.78 is 5.64. The minimum atomic E-state index is -0.813. The van der Waals surface area contributed by atoms with Gasteiger partial charge in [0.05, 0.1) is 25.0 Å². The van der Waals surface area contributed by atoms with Crippen molar-refractivity contribution in [2.24, 2.45) is 0 Å². The molecule has 1 atom stereocenters. The predicted molar refractivity (Wildman–Crippen MR) is 104 cm³/mol. The smallest absolute Gasteiger partial charge is 0.150 e. The molecule has 0 aliphatic carbocycles. The summed E-state index contributed by atoms with van der Waals surface area (Å²) in [6, 6.07) is 11.3. The van der Waals surface area contributed by atoms with Crippen LogP contribution in [0.25, 0.3) is 0 Å². The molecule has 1 aliphatic heterocycles. The van der Waals surface area contributed by atoms with Gasteiger partial charge in [0.15, 0.2) is 6.23 Å². The molecule has 2 heterocycles. The summed E-state index contributed by atoms with van der Waals surface area (Å²) in [5.41, 5.74) is 2.26. The van der Waals surface area contributed by atoms with Crippen molar-refractivity contribution in [3.8, 4) is 5.75 Å². The van der Waals surface area contributed by atoms with Gasteiger partial charge >= 0.3 is 0 Å². The van der Waals surface area contributed by atoms with Crippen LogP contribution in [0.5, 0.6) is 5.75 Å². The van der Waals surface area contributed by atoms with Crippen LogP contribution < -0.4 is 15.0 Å². The van der Waals surface area contributed by atoms with Crippen LogP contribution in [0.15, 0.2) is 42.6 Å². The molecular formula is C20H26N4O2. The molecule has 0 radical (unpaired) electrons. The summed E-state index contributed by atoms with van der Waals surface area (Å²) in [6.07, 6.45) is 3.84. The number of unbranched alkanes of at least 4 members (excludes halogenated alkanes) is 1. The lowest BCUT2D eigenvalue weighted by Crippen LogP contribution is -2.20. The van der Waals surface area contributed by atoms with Crippen molar-refractivity contribution in [3.63, 3.8) is 0 Å². The Bertz CT molecular complexity index is 716. The third kappa shape index (κ3) is 4.73. The highest BCUT2D eigenvalue weighted by atomic mass is 16.5. The summed E-state index contributed by atoms with van der Waals surface area (Å²) in [6.45, 7) is 4.33. The lowest BCUT2D eigenvalue weighted by atomic mass is 10.2. The van der Waals surface area contributed by atoms with E-state index < -0.39 is 6.23 Å². The quantitative estimate of drug-likeness (QED) is 0.498. The van der Waals surface area contributed by atoms with Crippen LogP contribution in [0, 0.1) is 5.41 Å². The molecule has 1 saturated heterocycles. The van der Waals surface area contributed by atoms with Crippen LogP contribution in [0.1, 0.15) is 38.0 Å². The summed E-state index contributed by atoms with van der Waals surface area (Å²) in [7, 11) is 0. The third-order valence-corrected chi connectivity index (χ3v) is 4.40. The fourth-order valence-corrected chi connectivity index (χ4v) is 2.83. The number of anilines is 2. The number of aromatic nitrogens is 1. The lowest BCUT2D eigenvalue weighted by molar-refractivity contribution is 0.208. The number of hydrogen-bond donors (Lipinski definition) is 3. The maximum absolute atomic E-state index is 10.4. The highest BCUT2D eigenvalue weighted by molar-refractivity contribution is 5.89. The Hall–Kier alpha value is -2.60. The van der Waals surface area contributed by atoms with Gasteiger partial charge < -0.3 is 25.5 Å². The highest BCUT2D eigenvalue weighted by Crippen LogP contribution is 2.22. The van der Waals surface area contributed by atoms with E-state index in [1.165, 1.54) is 0 Å². The minimum Gasteiger partial charge on any atom is -0.494 e. The van der Waals surface area contributed by atoms with Crippen LogP contribution in [-0.2, 0) is 0 Å². The second-order valence-electron chi connectivity index (χ2n) is 6.50. The molecule has 1 aliphatic rings. The van der Waals surface area contributed by atoms with E-state index in [0.717, 1.165) is 54.3 Å². The maximum atomic E-state index is 10.4. The predicted octanol–water partition coefficient (Wildman–Crippen LogP) is 3.59. The first-order chi connectivity index (χ1) is 12.7. The molecule has 2 aromatic rings. The van der Waals surface area contributed by atoms with Crippen molar-refractivity contribution >= 4 is 17.2 Å². The maximum Gasteiger partial charge on any atom is 0.150 e. The molecule has 6 heteroatoms. The Morgan fingerprint density at radius 2 is 2.08 bits per heavy atom. The van der Waals surface area contributed by atoms with Gasteiger partial charge in [-0.2, -0.15) is 0 Å². The molecule has 26 heavy (non-hydrogen) atoms. The van der Waals surface area contributed by atoms with Crippen molar-refractivity contribution in [2.75, 3.05) is 29.9 Å². The summed E-state index contributed by atoms with van der Waals surface area (Å²) in [4.78, 5) is 6.52. The summed E-state index contributed by atoms with van der Waals surface area (Å²) in [5, 5.41) is 21.1. The Morgan fingerprint density at radius 1 is 1.27 bits per heavy atom. The first-order valence-electron chi connectivity index (χ1n) is 9.10. The molecule has 1 unspecified atom stereocenters. The van der Waals surface area contributed by atoms with Crippen LogP contribution in [-0.4, -0.2) is 35.5 Å². The molecule has 0 amide bonds. The van der Waals surface area contributed by atoms with Gasteiger partial charge in [-0.05, 0) is 30.7 Å². The molecule has 138 valence electrons. The van der Waals surface area contributed by atoms with E-state index in [4.69, 9.17) is 10.1 Å². The van der Waals surface area contributed by atoms with Crippen LogP contribution in [0.3, 0.4) is 0 Å². The van der Waals surface area contributed by atoms with E-state index in [0.29, 0.717) is 13.2 Å². The molecular weight excluding hydrogens is 328 g/mol. The van der Waals surface area contributed by atoms with E-state index in [-0.39, 0.29) is 0 Å². The lowest BCUT2D eigenvalue weighted by Gasteiger charge is -2.18. The van der Waals surface area contributed by atoms with E-state index in [2.05, 4.69) is 22.1 Å². The van der Waals surface area contributed by atoms with Gasteiger partial charge in [0.2, 0.25) is 0 Å². The zero-order valence-corrected chi connectivity index (χ0v) is 15.1. The third-order valence-electron chi connectivity index (χ3n) is 4.40. The molecule has 1 aromatic heterocycles. The van der Waals surface area contributed by atoms with E-state index in [9.17, 15) is 5.11 Å². The zero-order valence-electron chi connectivity index (χ0n) is 15.1. The number of aliphatic hydroxyl groups excluding tert-OH is 1. The second-order valence-corrected chi connectivity index (χ2v) is 6.50. The van der Waals surface area contributed by atoms with Crippen molar-refractivity contribution in [2.45, 2.75) is 32.4 Å². The zero-order chi connectivity index (χ0) is 18.4. The molecule has 3 rings (SSSR count). The molecule has 0 bridgehead atoms. The second kappa shape index (κ2) is 8.67. The van der Waals surface area contributed by atoms with Crippen molar-refractivity contribution in [1.29, 1.82) is 5.41 Å². The molecule has 0 spiro atoms. The van der Waals surface area contributed by atoms with E-state index >= 15 is 0 Å². The summed E-state index contributed by atoms with van der Waals surface area (Å²) >= 11 is 0. The van der Waals surface area contributed by atoms with Gasteiger partial charge in [0.25, 0.3) is 0 Å². The molecule has 1 aromatic carbocycles. The number of nitrogens with one attached hydrogen (secondary N) is 2. The van der Waals surface area contributed by atoms with Gasteiger partial charge in [-0.25, -0.2) is 4.98 Å². The largest absolute Gasteiger partial charge is 0.494 e. The van der Waals surface area contributed by atoms with E-state index in [1.54, 1.807) is 6.20 Å². The normalized spacial score (nSPS) is 15.2. The van der Waals surface area contributed by atoms with Crippen molar-refractivity contribution in [1.82, 2.24) is 4.98 Å². The Balaban J connectivity index is 1.55. The van der Waals surface area contributed by atoms with Crippen LogP contribution in [0.2, 0.25) is 0 Å². The van der Waals surface area contributed by atoms with Crippen molar-refractivity contribution in [3.05, 3.63) is 48.2 Å². The number of nitrogens with zero attached hydrogens (tertiary/aromatic N) is 2. The molecule has 1 fully saturated rings. The Morgan fingerprint density at radius 3 is 2.69 bits per heavy atom. The molecule has 0 saturated carbocycles. The number of aliphatic hydroxyl groups is 1. The number of rotatable bonds is 8. The highest BCUT2D eigenvalue weighted by Gasteiger charge is 2.17. The fraction of sp³-hybridized carbons (Fsp3) is 0.400. The Labute approximate surface area is 154 Å². The van der Waals surface area contributed by atoms with Gasteiger partial charge in [-0.15, -0.1) is 0 Å². The van der Waals surface area contributed by atoms with Gasteiger partial charge in [-0.3, -0.25) is 0 Å². The van der Waals surface area contributed by atoms with E-state index in [1.807, 2.05) is 36.4 Å². The SMILES string of the molecule is CCCCOc1ccc(C(O)Nc2ccc(N3CCC(=N)C3)nc2)cc1. The van der Waals surface area contributed by atoms with Crippen molar-refractivity contribution < 1.29 is 9.84 Å². The Kier molecular flexibility index (Phi) is 6.07. The minimum absolute atomic E-state index is 0.648. The summed E-state index contributed by atoms with van der Waals surface area (Å²) in [5.74, 6) is 1.68. The van der Waals surface area contributed by atoms with Crippen LogP contribution >= 0.6 is 0 Å². The first-order valence-corrected chi connectivity index (χ1v) is 9.10. The van der Waals surface area contributed by atoms with Crippen LogP contribution in [0.4, 0.5) is 11.5 Å². The van der Waals surface area contributed by atoms with Gasteiger partial charge in [0.1, 0.15) is 11.6 Å². The number of benzene rings is 1. The van der Waals surface area contributed by atoms with Gasteiger partial charge in [0, 0.05) is 24.2 Å². The number of pyridine rings is 1. The molecule has 3 N–H and O–H groups in total. The fourth-order valence-electron chi connectivity index (χ4n) is 2.83. The number of hydrogen-bond acceptors (Lipinski definition) is 6. The van der Waals surface area contributed by atoms with Gasteiger partial charge in [-0.1, -0.05) is 25.5 Å². The average molecular weight is 354 g/mol. The number of ether oxygens (including phenoxy) is 1. The monoisotopic (exact) mass is 354 g/mol. The topological polar surface area (TPSA) is 81.5 Å².